The van der Waals surface area contributed by atoms with Crippen LogP contribution in [-0.4, -0.2) is 62.6 Å². The molecule has 1 saturated carbocycles. The highest BCUT2D eigenvalue weighted by molar-refractivity contribution is 7.89. The molecule has 0 N–H and O–H groups in total. The average molecular weight is 423 g/mol. The van der Waals surface area contributed by atoms with Crippen molar-refractivity contribution in [1.29, 1.82) is 0 Å². The third-order valence-electron chi connectivity index (χ3n) is 5.67. The predicted molar refractivity (Wildman–Crippen MR) is 111 cm³/mol. The number of amides is 1. The first-order valence-electron chi connectivity index (χ1n) is 9.73. The van der Waals surface area contributed by atoms with Gasteiger partial charge in [0.2, 0.25) is 10.0 Å². The maximum Gasteiger partial charge on any atom is 0.263 e. The predicted octanol–water partition coefficient (Wildman–Crippen LogP) is 3.25. The molecule has 1 aliphatic carbocycles. The fourth-order valence-corrected chi connectivity index (χ4v) is 7.47. The van der Waals surface area contributed by atoms with Gasteiger partial charge >= 0.3 is 0 Å². The van der Waals surface area contributed by atoms with Crippen molar-refractivity contribution in [1.82, 2.24) is 9.21 Å². The number of rotatable bonds is 4. The van der Waals surface area contributed by atoms with E-state index < -0.39 is 16.1 Å². The van der Waals surface area contributed by atoms with E-state index in [-0.39, 0.29) is 17.7 Å². The first kappa shape index (κ1) is 19.8. The van der Waals surface area contributed by atoms with Crippen LogP contribution in [0.3, 0.4) is 0 Å². The Morgan fingerprint density at radius 2 is 1.93 bits per heavy atom. The minimum atomic E-state index is -3.33. The molecule has 1 aromatic carbocycles. The van der Waals surface area contributed by atoms with Crippen LogP contribution in [-0.2, 0) is 14.8 Å². The topological polar surface area (TPSA) is 66.9 Å². The van der Waals surface area contributed by atoms with Crippen LogP contribution in [0.5, 0.6) is 0 Å². The second-order valence-corrected chi connectivity index (χ2v) is 11.0. The zero-order chi connectivity index (χ0) is 19.9. The Kier molecular flexibility index (Phi) is 5.48. The second-order valence-electron chi connectivity index (χ2n) is 7.71. The van der Waals surface area contributed by atoms with Gasteiger partial charge in [-0.15, -0.1) is 11.3 Å². The summed E-state index contributed by atoms with van der Waals surface area (Å²) in [5, 5.41) is 0.705. The zero-order valence-electron chi connectivity index (χ0n) is 16.3. The summed E-state index contributed by atoms with van der Waals surface area (Å²) in [6.45, 7) is 0.998. The Labute approximate surface area is 170 Å². The number of benzene rings is 1. The number of nitrogens with zero attached hydrogens (tertiary/aromatic N) is 2. The highest BCUT2D eigenvalue weighted by Gasteiger charge is 2.39. The molecule has 1 amide bonds. The van der Waals surface area contributed by atoms with E-state index in [1.807, 2.05) is 24.3 Å². The first-order valence-corrected chi connectivity index (χ1v) is 12.0. The van der Waals surface area contributed by atoms with Gasteiger partial charge in [0.1, 0.15) is 0 Å². The summed E-state index contributed by atoms with van der Waals surface area (Å²) in [4.78, 5) is 15.0. The molecule has 8 heteroatoms. The Morgan fingerprint density at radius 3 is 2.64 bits per heavy atom. The van der Waals surface area contributed by atoms with E-state index in [4.69, 9.17) is 4.74 Å². The SMILES string of the molecule is CN(C)C(=O)c1sc2ccccc2c1C1CN(S(=O)(=O)C2CCCC2)CCO1. The number of hydrogen-bond donors (Lipinski definition) is 0. The number of carbonyl (C=O) groups is 1. The van der Waals surface area contributed by atoms with Gasteiger partial charge in [0.05, 0.1) is 22.8 Å². The van der Waals surface area contributed by atoms with Crippen molar-refractivity contribution < 1.29 is 17.9 Å². The molecule has 2 heterocycles. The average Bonchev–Trinajstić information content (AvgIpc) is 3.35. The van der Waals surface area contributed by atoms with Crippen LogP contribution in [0.4, 0.5) is 0 Å². The molecule has 1 atom stereocenters. The quantitative estimate of drug-likeness (QED) is 0.759. The van der Waals surface area contributed by atoms with Crippen molar-refractivity contribution in [3.63, 3.8) is 0 Å². The lowest BCUT2D eigenvalue weighted by atomic mass is 10.0. The van der Waals surface area contributed by atoms with Crippen LogP contribution in [0.25, 0.3) is 10.1 Å². The van der Waals surface area contributed by atoms with Crippen molar-refractivity contribution in [2.45, 2.75) is 37.0 Å². The second kappa shape index (κ2) is 7.74. The fraction of sp³-hybridized carbons (Fsp3) is 0.550. The Bertz CT molecular complexity index is 977. The molecule has 2 aliphatic rings. The van der Waals surface area contributed by atoms with Gasteiger partial charge in [0, 0.05) is 37.4 Å². The van der Waals surface area contributed by atoms with E-state index in [1.54, 1.807) is 23.3 Å². The van der Waals surface area contributed by atoms with Gasteiger partial charge in [-0.2, -0.15) is 4.31 Å². The summed E-state index contributed by atoms with van der Waals surface area (Å²) in [6.07, 6.45) is 3.02. The lowest BCUT2D eigenvalue weighted by Crippen LogP contribution is -2.46. The minimum absolute atomic E-state index is 0.0735. The van der Waals surface area contributed by atoms with Crippen molar-refractivity contribution >= 4 is 37.4 Å². The summed E-state index contributed by atoms with van der Waals surface area (Å²) in [6, 6.07) is 7.87. The molecule has 2 aromatic rings. The summed E-state index contributed by atoms with van der Waals surface area (Å²) < 4.78 is 34.8. The highest BCUT2D eigenvalue weighted by Crippen LogP contribution is 2.39. The zero-order valence-corrected chi connectivity index (χ0v) is 17.9. The number of fused-ring (bicyclic) bond motifs is 1. The lowest BCUT2D eigenvalue weighted by molar-refractivity contribution is -0.00230. The monoisotopic (exact) mass is 422 g/mol. The molecular formula is C20H26N2O4S2. The van der Waals surface area contributed by atoms with Crippen molar-refractivity contribution in [3.05, 3.63) is 34.7 Å². The van der Waals surface area contributed by atoms with E-state index in [9.17, 15) is 13.2 Å². The van der Waals surface area contributed by atoms with Gasteiger partial charge in [-0.3, -0.25) is 4.79 Å². The number of carbonyl (C=O) groups excluding carboxylic acids is 1. The lowest BCUT2D eigenvalue weighted by Gasteiger charge is -2.34. The molecule has 4 rings (SSSR count). The molecule has 1 aromatic heterocycles. The largest absolute Gasteiger partial charge is 0.371 e. The van der Waals surface area contributed by atoms with Crippen LogP contribution >= 0.6 is 11.3 Å². The van der Waals surface area contributed by atoms with Gasteiger partial charge in [-0.05, 0) is 24.3 Å². The fourth-order valence-electron chi connectivity index (χ4n) is 4.18. The number of ether oxygens (including phenoxy) is 1. The van der Waals surface area contributed by atoms with Gasteiger partial charge in [-0.1, -0.05) is 31.0 Å². The van der Waals surface area contributed by atoms with E-state index in [0.29, 0.717) is 18.0 Å². The van der Waals surface area contributed by atoms with E-state index in [1.165, 1.54) is 11.3 Å². The molecule has 1 aliphatic heterocycles. The molecule has 0 bridgehead atoms. The molecule has 6 nitrogen and oxygen atoms in total. The van der Waals surface area contributed by atoms with E-state index in [2.05, 4.69) is 0 Å². The van der Waals surface area contributed by atoms with Crippen LogP contribution in [0, 0.1) is 0 Å². The molecule has 1 unspecified atom stereocenters. The summed E-state index contributed by atoms with van der Waals surface area (Å²) in [5.41, 5.74) is 0.825. The van der Waals surface area contributed by atoms with Crippen molar-refractivity contribution in [3.8, 4) is 0 Å². The normalized spacial score (nSPS) is 22.0. The standard InChI is InChI=1S/C20H26N2O4S2/c1-21(2)20(23)19-18(15-9-5-6-10-17(15)27-19)16-13-22(11-12-26-16)28(24,25)14-7-3-4-8-14/h5-6,9-10,14,16H,3-4,7-8,11-13H2,1-2H3. The number of thiophene rings is 1. The molecule has 152 valence electrons. The van der Waals surface area contributed by atoms with Gasteiger partial charge in [0.15, 0.2) is 0 Å². The van der Waals surface area contributed by atoms with Crippen molar-refractivity contribution in [2.24, 2.45) is 0 Å². The number of sulfonamides is 1. The summed E-state index contributed by atoms with van der Waals surface area (Å²) in [5.74, 6) is -0.0735. The first-order chi connectivity index (χ1) is 13.4. The Morgan fingerprint density at radius 1 is 1.21 bits per heavy atom. The van der Waals surface area contributed by atoms with Gasteiger partial charge in [0.25, 0.3) is 5.91 Å². The Balaban J connectivity index is 1.71. The van der Waals surface area contributed by atoms with Crippen molar-refractivity contribution in [2.75, 3.05) is 33.8 Å². The van der Waals surface area contributed by atoms with Gasteiger partial charge < -0.3 is 9.64 Å². The third-order valence-corrected chi connectivity index (χ3v) is 9.21. The van der Waals surface area contributed by atoms with Gasteiger partial charge in [-0.25, -0.2) is 8.42 Å². The highest BCUT2D eigenvalue weighted by atomic mass is 32.2. The number of hydrogen-bond acceptors (Lipinski definition) is 5. The molecular weight excluding hydrogens is 396 g/mol. The van der Waals surface area contributed by atoms with Crippen LogP contribution in [0.2, 0.25) is 0 Å². The molecule has 0 radical (unpaired) electrons. The third kappa shape index (κ3) is 3.47. The molecule has 1 saturated heterocycles. The van der Waals surface area contributed by atoms with Crippen LogP contribution < -0.4 is 0 Å². The molecule has 28 heavy (non-hydrogen) atoms. The van der Waals surface area contributed by atoms with Crippen LogP contribution in [0.1, 0.15) is 47.0 Å². The maximum atomic E-state index is 13.1. The number of morpholine rings is 1. The molecule has 0 spiro atoms. The van der Waals surface area contributed by atoms with E-state index in [0.717, 1.165) is 41.3 Å². The summed E-state index contributed by atoms with van der Waals surface area (Å²) >= 11 is 1.45. The van der Waals surface area contributed by atoms with Crippen LogP contribution in [0.15, 0.2) is 24.3 Å². The smallest absolute Gasteiger partial charge is 0.263 e. The summed E-state index contributed by atoms with van der Waals surface area (Å²) in [7, 11) is 0.135. The minimum Gasteiger partial charge on any atom is -0.371 e. The maximum absolute atomic E-state index is 13.1. The molecule has 2 fully saturated rings. The van der Waals surface area contributed by atoms with E-state index >= 15 is 0 Å². The Hall–Kier alpha value is -1.48.